The first kappa shape index (κ1) is 21.5. The molecule has 5 nitrogen and oxygen atoms in total. The van der Waals surface area contributed by atoms with Gasteiger partial charge >= 0.3 is 5.97 Å². The second-order valence-electron chi connectivity index (χ2n) is 7.24. The van der Waals surface area contributed by atoms with Gasteiger partial charge in [0, 0.05) is 36.3 Å². The minimum absolute atomic E-state index is 0.0410. The first-order chi connectivity index (χ1) is 14.4. The zero-order valence-electron chi connectivity index (χ0n) is 17.0. The van der Waals surface area contributed by atoms with Crippen molar-refractivity contribution in [3.8, 4) is 0 Å². The summed E-state index contributed by atoms with van der Waals surface area (Å²) in [6, 6.07) is 9.36. The van der Waals surface area contributed by atoms with Crippen LogP contribution in [0.25, 0.3) is 6.08 Å². The number of piperidine rings is 1. The molecule has 2 aromatic carbocycles. The van der Waals surface area contributed by atoms with E-state index in [-0.39, 0.29) is 23.3 Å². The molecule has 0 unspecified atom stereocenters. The van der Waals surface area contributed by atoms with Gasteiger partial charge in [0.15, 0.2) is 0 Å². The minimum Gasteiger partial charge on any atom is -0.466 e. The summed E-state index contributed by atoms with van der Waals surface area (Å²) in [6.45, 7) is 3.02. The highest BCUT2D eigenvalue weighted by atomic mass is 19.1. The van der Waals surface area contributed by atoms with E-state index in [2.05, 4.69) is 15.0 Å². The molecule has 1 heterocycles. The number of carbonyl (C=O) groups is 2. The number of nitrogens with zero attached hydrogens (tertiary/aromatic N) is 1. The number of hydrogen-bond donors (Lipinski definition) is 1. The molecule has 1 fully saturated rings. The molecule has 2 aromatic rings. The molecule has 1 aliphatic rings. The fourth-order valence-corrected chi connectivity index (χ4v) is 3.49. The van der Waals surface area contributed by atoms with Crippen molar-refractivity contribution in [3.63, 3.8) is 0 Å². The molecule has 1 N–H and O–H groups in total. The lowest BCUT2D eigenvalue weighted by atomic mass is 9.95. The van der Waals surface area contributed by atoms with Gasteiger partial charge in [0.1, 0.15) is 11.6 Å². The van der Waals surface area contributed by atoms with Crippen LogP contribution in [0.4, 0.5) is 20.2 Å². The third kappa shape index (κ3) is 5.03. The van der Waals surface area contributed by atoms with Crippen molar-refractivity contribution in [2.24, 2.45) is 5.92 Å². The second kappa shape index (κ2) is 9.52. The zero-order valence-corrected chi connectivity index (χ0v) is 17.0. The van der Waals surface area contributed by atoms with E-state index in [1.54, 1.807) is 25.1 Å². The Morgan fingerprint density at radius 2 is 1.87 bits per heavy atom. The SMILES string of the molecule is COC(=O)/C=C/c1cccc(F)c1NC(=O)C1CCN(c2ccc(F)c(C)c2)CC1. The van der Waals surface area contributed by atoms with E-state index in [1.807, 2.05) is 0 Å². The maximum atomic E-state index is 14.3. The van der Waals surface area contributed by atoms with E-state index in [0.717, 1.165) is 5.69 Å². The lowest BCUT2D eigenvalue weighted by molar-refractivity contribution is -0.134. The maximum Gasteiger partial charge on any atom is 0.330 e. The van der Waals surface area contributed by atoms with E-state index in [9.17, 15) is 18.4 Å². The Morgan fingerprint density at radius 3 is 2.53 bits per heavy atom. The lowest BCUT2D eigenvalue weighted by Gasteiger charge is -2.33. The molecule has 158 valence electrons. The van der Waals surface area contributed by atoms with Gasteiger partial charge in [-0.05, 0) is 55.7 Å². The summed E-state index contributed by atoms with van der Waals surface area (Å²) in [5.74, 6) is -1.91. The van der Waals surface area contributed by atoms with Crippen LogP contribution in [0.5, 0.6) is 0 Å². The molecule has 1 aliphatic heterocycles. The van der Waals surface area contributed by atoms with E-state index in [4.69, 9.17) is 0 Å². The molecule has 0 aromatic heterocycles. The summed E-state index contributed by atoms with van der Waals surface area (Å²) in [4.78, 5) is 26.2. The fraction of sp³-hybridized carbons (Fsp3) is 0.304. The van der Waals surface area contributed by atoms with Crippen molar-refractivity contribution in [3.05, 3.63) is 65.2 Å². The topological polar surface area (TPSA) is 58.6 Å². The highest BCUT2D eigenvalue weighted by Gasteiger charge is 2.26. The number of rotatable bonds is 5. The number of benzene rings is 2. The third-order valence-corrected chi connectivity index (χ3v) is 5.27. The molecular weight excluding hydrogens is 390 g/mol. The van der Waals surface area contributed by atoms with Crippen LogP contribution in [0.3, 0.4) is 0 Å². The first-order valence-corrected chi connectivity index (χ1v) is 9.75. The summed E-state index contributed by atoms with van der Waals surface area (Å²) in [7, 11) is 1.25. The number of nitrogens with one attached hydrogen (secondary N) is 1. The number of ether oxygens (including phenoxy) is 1. The highest BCUT2D eigenvalue weighted by molar-refractivity contribution is 5.96. The van der Waals surface area contributed by atoms with Crippen LogP contribution in [0.2, 0.25) is 0 Å². The third-order valence-electron chi connectivity index (χ3n) is 5.27. The Kier molecular flexibility index (Phi) is 6.82. The normalized spacial score (nSPS) is 14.7. The van der Waals surface area contributed by atoms with Crippen LogP contribution in [-0.4, -0.2) is 32.1 Å². The smallest absolute Gasteiger partial charge is 0.330 e. The summed E-state index contributed by atoms with van der Waals surface area (Å²) in [5.41, 5.74) is 1.93. The van der Waals surface area contributed by atoms with Crippen LogP contribution >= 0.6 is 0 Å². The fourth-order valence-electron chi connectivity index (χ4n) is 3.49. The average Bonchev–Trinajstić information content (AvgIpc) is 2.75. The minimum atomic E-state index is -0.574. The number of hydrogen-bond acceptors (Lipinski definition) is 4. The summed E-state index contributed by atoms with van der Waals surface area (Å²) in [6.07, 6.45) is 3.78. The molecule has 0 saturated carbocycles. The van der Waals surface area contributed by atoms with Crippen LogP contribution in [0.1, 0.15) is 24.0 Å². The Morgan fingerprint density at radius 1 is 1.13 bits per heavy atom. The Labute approximate surface area is 174 Å². The average molecular weight is 414 g/mol. The van der Waals surface area contributed by atoms with Gasteiger partial charge in [-0.25, -0.2) is 13.6 Å². The molecule has 30 heavy (non-hydrogen) atoms. The second-order valence-corrected chi connectivity index (χ2v) is 7.24. The van der Waals surface area contributed by atoms with Crippen LogP contribution in [0, 0.1) is 24.5 Å². The van der Waals surface area contributed by atoms with Crippen molar-refractivity contribution in [1.29, 1.82) is 0 Å². The van der Waals surface area contributed by atoms with Gasteiger partial charge in [0.25, 0.3) is 0 Å². The van der Waals surface area contributed by atoms with Gasteiger partial charge < -0.3 is 15.0 Å². The van der Waals surface area contributed by atoms with Gasteiger partial charge in [0.2, 0.25) is 5.91 Å². The number of esters is 1. The maximum absolute atomic E-state index is 14.3. The molecular formula is C23H24F2N2O3. The van der Waals surface area contributed by atoms with Crippen molar-refractivity contribution in [2.75, 3.05) is 30.4 Å². The Hall–Kier alpha value is -3.22. The van der Waals surface area contributed by atoms with E-state index in [0.29, 0.717) is 37.1 Å². The van der Waals surface area contributed by atoms with Gasteiger partial charge in [0.05, 0.1) is 12.8 Å². The molecule has 0 aliphatic carbocycles. The number of methoxy groups -OCH3 is 1. The molecule has 7 heteroatoms. The summed E-state index contributed by atoms with van der Waals surface area (Å²) >= 11 is 0. The number of aryl methyl sites for hydroxylation is 1. The number of anilines is 2. The Balaban J connectivity index is 1.66. The van der Waals surface area contributed by atoms with E-state index < -0.39 is 11.8 Å². The number of amides is 1. The molecule has 0 bridgehead atoms. The zero-order chi connectivity index (χ0) is 21.7. The quantitative estimate of drug-likeness (QED) is 0.585. The lowest BCUT2D eigenvalue weighted by Crippen LogP contribution is -2.38. The summed E-state index contributed by atoms with van der Waals surface area (Å²) < 4.78 is 32.4. The van der Waals surface area contributed by atoms with Gasteiger partial charge in [-0.1, -0.05) is 12.1 Å². The largest absolute Gasteiger partial charge is 0.466 e. The predicted octanol–water partition coefficient (Wildman–Crippen LogP) is 4.31. The monoisotopic (exact) mass is 414 g/mol. The van der Waals surface area contributed by atoms with Crippen LogP contribution in [-0.2, 0) is 14.3 Å². The highest BCUT2D eigenvalue weighted by Crippen LogP contribution is 2.27. The molecule has 1 amide bonds. The van der Waals surface area contributed by atoms with E-state index in [1.165, 1.54) is 37.5 Å². The number of carbonyl (C=O) groups excluding carboxylic acids is 2. The van der Waals surface area contributed by atoms with Crippen molar-refractivity contribution in [1.82, 2.24) is 0 Å². The Bertz CT molecular complexity index is 967. The van der Waals surface area contributed by atoms with E-state index >= 15 is 0 Å². The number of para-hydroxylation sites is 1. The standard InChI is InChI=1S/C23H24F2N2O3/c1-15-14-18(7-8-19(15)24)27-12-10-17(11-13-27)23(29)26-22-16(4-3-5-20(22)25)6-9-21(28)30-2/h3-9,14,17H,10-13H2,1-2H3,(H,26,29)/b9-6+. The van der Waals surface area contributed by atoms with Crippen molar-refractivity contribution < 1.29 is 23.1 Å². The van der Waals surface area contributed by atoms with Crippen molar-refractivity contribution in [2.45, 2.75) is 19.8 Å². The molecule has 0 atom stereocenters. The van der Waals surface area contributed by atoms with Crippen molar-refractivity contribution >= 4 is 29.3 Å². The summed E-state index contributed by atoms with van der Waals surface area (Å²) in [5, 5.41) is 2.68. The molecule has 0 spiro atoms. The molecule has 3 rings (SSSR count). The molecule has 1 saturated heterocycles. The number of halogens is 2. The van der Waals surface area contributed by atoms with Gasteiger partial charge in [-0.2, -0.15) is 0 Å². The molecule has 0 radical (unpaired) electrons. The van der Waals surface area contributed by atoms with Crippen LogP contribution in [0.15, 0.2) is 42.5 Å². The first-order valence-electron chi connectivity index (χ1n) is 9.75. The predicted molar refractivity (Wildman–Crippen MR) is 112 cm³/mol. The van der Waals surface area contributed by atoms with Gasteiger partial charge in [-0.3, -0.25) is 4.79 Å². The van der Waals surface area contributed by atoms with Crippen LogP contribution < -0.4 is 10.2 Å². The van der Waals surface area contributed by atoms with Gasteiger partial charge in [-0.15, -0.1) is 0 Å².